The maximum atomic E-state index is 5.40. The van der Waals surface area contributed by atoms with Gasteiger partial charge >= 0.3 is 0 Å². The van der Waals surface area contributed by atoms with Crippen LogP contribution in [-0.2, 0) is 13.2 Å². The lowest BCUT2D eigenvalue weighted by molar-refractivity contribution is 0.244. The molecule has 4 aromatic rings. The van der Waals surface area contributed by atoms with Gasteiger partial charge in [-0.25, -0.2) is 9.36 Å². The maximum absolute atomic E-state index is 5.40. The smallest absolute Gasteiger partial charge is 0.217 e. The van der Waals surface area contributed by atoms with Crippen LogP contribution in [0.5, 0.6) is 0 Å². The second-order valence-electron chi connectivity index (χ2n) is 6.85. The molecule has 0 fully saturated rings. The molecule has 0 amide bonds. The summed E-state index contributed by atoms with van der Waals surface area (Å²) >= 11 is 5.40. The first-order valence-electron chi connectivity index (χ1n) is 9.35. The van der Waals surface area contributed by atoms with Crippen molar-refractivity contribution in [2.75, 3.05) is 7.05 Å². The van der Waals surface area contributed by atoms with E-state index >= 15 is 0 Å². The monoisotopic (exact) mass is 402 g/mol. The minimum Gasteiger partial charge on any atom is -0.283 e. The zero-order chi connectivity index (χ0) is 20.1. The molecule has 7 heteroatoms. The van der Waals surface area contributed by atoms with Gasteiger partial charge in [-0.1, -0.05) is 54.6 Å². The lowest BCUT2D eigenvalue weighted by atomic mass is 10.2. The number of aromatic amines is 1. The highest BCUT2D eigenvalue weighted by atomic mass is 32.1. The van der Waals surface area contributed by atoms with Crippen LogP contribution >= 0.6 is 12.2 Å². The molecular weight excluding hydrogens is 380 g/mol. The quantitative estimate of drug-likeness (QED) is 0.466. The molecule has 0 saturated heterocycles. The lowest BCUT2D eigenvalue weighted by Crippen LogP contribution is -2.22. The van der Waals surface area contributed by atoms with E-state index in [2.05, 4.69) is 20.1 Å². The average Bonchev–Trinajstić information content (AvgIpc) is 3.34. The van der Waals surface area contributed by atoms with Gasteiger partial charge in [0.1, 0.15) is 5.82 Å². The summed E-state index contributed by atoms with van der Waals surface area (Å²) in [6, 6.07) is 20.2. The largest absolute Gasteiger partial charge is 0.283 e. The van der Waals surface area contributed by atoms with Gasteiger partial charge in [-0.2, -0.15) is 10.1 Å². The Balaban J connectivity index is 1.39. The Kier molecular flexibility index (Phi) is 5.79. The van der Waals surface area contributed by atoms with Gasteiger partial charge in [0.15, 0.2) is 0 Å². The minimum atomic E-state index is 0.532. The molecule has 0 aliphatic rings. The summed E-state index contributed by atoms with van der Waals surface area (Å²) in [4.78, 5) is 6.58. The molecule has 146 valence electrons. The van der Waals surface area contributed by atoms with Crippen LogP contribution in [0.2, 0.25) is 0 Å². The summed E-state index contributed by atoms with van der Waals surface area (Å²) in [6.45, 7) is 1.37. The molecule has 0 aliphatic heterocycles. The van der Waals surface area contributed by atoms with E-state index in [-0.39, 0.29) is 0 Å². The highest BCUT2D eigenvalue weighted by Gasteiger charge is 2.07. The van der Waals surface area contributed by atoms with Crippen LogP contribution in [-0.4, -0.2) is 36.5 Å². The van der Waals surface area contributed by atoms with Gasteiger partial charge in [-0.15, -0.1) is 0 Å². The van der Waals surface area contributed by atoms with E-state index in [4.69, 9.17) is 12.2 Å². The molecule has 2 heterocycles. The summed E-state index contributed by atoms with van der Waals surface area (Å²) in [6.07, 6.45) is 7.89. The SMILES string of the molecule is CN(Cc1cnn(-c2ccccc2)c1)Cn1[nH]c(C=Cc2ccccc2)nc1=S. The van der Waals surface area contributed by atoms with E-state index in [0.29, 0.717) is 11.4 Å². The summed E-state index contributed by atoms with van der Waals surface area (Å²) in [5, 5.41) is 7.71. The Labute approximate surface area is 174 Å². The van der Waals surface area contributed by atoms with E-state index < -0.39 is 0 Å². The van der Waals surface area contributed by atoms with Crippen molar-refractivity contribution < 1.29 is 0 Å². The highest BCUT2D eigenvalue weighted by Crippen LogP contribution is 2.10. The maximum Gasteiger partial charge on any atom is 0.217 e. The van der Waals surface area contributed by atoms with Crippen molar-refractivity contribution in [3.05, 3.63) is 94.8 Å². The Morgan fingerprint density at radius 3 is 2.52 bits per heavy atom. The third-order valence-corrected chi connectivity index (χ3v) is 4.73. The van der Waals surface area contributed by atoms with Crippen LogP contribution in [0.4, 0.5) is 0 Å². The van der Waals surface area contributed by atoms with Crippen molar-refractivity contribution in [3.63, 3.8) is 0 Å². The van der Waals surface area contributed by atoms with Gasteiger partial charge in [0.2, 0.25) is 4.77 Å². The van der Waals surface area contributed by atoms with Gasteiger partial charge in [0.25, 0.3) is 0 Å². The number of para-hydroxylation sites is 1. The molecule has 0 aliphatic carbocycles. The van der Waals surface area contributed by atoms with E-state index in [1.54, 1.807) is 0 Å². The Bertz CT molecular complexity index is 1140. The van der Waals surface area contributed by atoms with Crippen LogP contribution in [0.25, 0.3) is 17.8 Å². The second-order valence-corrected chi connectivity index (χ2v) is 7.21. The fourth-order valence-corrected chi connectivity index (χ4v) is 3.25. The van der Waals surface area contributed by atoms with Crippen LogP contribution < -0.4 is 0 Å². The van der Waals surface area contributed by atoms with Crippen molar-refractivity contribution in [2.45, 2.75) is 13.2 Å². The van der Waals surface area contributed by atoms with Crippen molar-refractivity contribution in [1.29, 1.82) is 0 Å². The molecule has 2 aromatic heterocycles. The van der Waals surface area contributed by atoms with Crippen LogP contribution in [0, 0.1) is 4.77 Å². The number of hydrogen-bond donors (Lipinski definition) is 1. The lowest BCUT2D eigenvalue weighted by Gasteiger charge is -2.15. The molecular formula is C22H22N6S. The Morgan fingerprint density at radius 2 is 1.76 bits per heavy atom. The molecule has 0 bridgehead atoms. The molecule has 6 nitrogen and oxygen atoms in total. The molecule has 0 spiro atoms. The van der Waals surface area contributed by atoms with Gasteiger partial charge in [0.05, 0.1) is 18.6 Å². The number of rotatable bonds is 7. The second kappa shape index (κ2) is 8.81. The number of nitrogens with one attached hydrogen (secondary N) is 1. The third-order valence-electron chi connectivity index (χ3n) is 4.42. The molecule has 2 aromatic carbocycles. The van der Waals surface area contributed by atoms with E-state index in [1.165, 1.54) is 0 Å². The van der Waals surface area contributed by atoms with Gasteiger partial charge in [-0.3, -0.25) is 10.00 Å². The van der Waals surface area contributed by atoms with E-state index in [0.717, 1.165) is 29.2 Å². The fourth-order valence-electron chi connectivity index (χ4n) is 3.05. The summed E-state index contributed by atoms with van der Waals surface area (Å²) in [7, 11) is 2.04. The number of hydrogen-bond acceptors (Lipinski definition) is 4. The Hall–Kier alpha value is -3.29. The zero-order valence-corrected chi connectivity index (χ0v) is 17.0. The highest BCUT2D eigenvalue weighted by molar-refractivity contribution is 7.71. The standard InChI is InChI=1S/C22H22N6S/c1-26(15-19-14-23-27(16-19)20-10-6-3-7-11-20)17-28-22(29)24-21(25-28)13-12-18-8-4-2-5-9-18/h2-14,16H,15,17H2,1H3,(H,24,25,29). The van der Waals surface area contributed by atoms with Crippen molar-refractivity contribution in [1.82, 2.24) is 29.4 Å². The van der Waals surface area contributed by atoms with Crippen molar-refractivity contribution >= 4 is 24.4 Å². The predicted molar refractivity (Wildman–Crippen MR) is 118 cm³/mol. The van der Waals surface area contributed by atoms with Crippen LogP contribution in [0.15, 0.2) is 73.1 Å². The van der Waals surface area contributed by atoms with Gasteiger partial charge in [-0.05, 0) is 43.0 Å². The van der Waals surface area contributed by atoms with Gasteiger partial charge in [0, 0.05) is 18.3 Å². The number of nitrogens with zero attached hydrogens (tertiary/aromatic N) is 5. The molecule has 0 saturated carbocycles. The third kappa shape index (κ3) is 4.96. The number of aromatic nitrogens is 5. The first-order valence-corrected chi connectivity index (χ1v) is 9.76. The van der Waals surface area contributed by atoms with E-state index in [1.807, 2.05) is 102 Å². The topological polar surface area (TPSA) is 54.7 Å². The molecule has 29 heavy (non-hydrogen) atoms. The zero-order valence-electron chi connectivity index (χ0n) is 16.1. The predicted octanol–water partition coefficient (Wildman–Crippen LogP) is 4.39. The Morgan fingerprint density at radius 1 is 1.03 bits per heavy atom. The molecule has 1 N–H and O–H groups in total. The first-order chi connectivity index (χ1) is 14.2. The number of H-pyrrole nitrogens is 1. The fraction of sp³-hybridized carbons (Fsp3) is 0.136. The van der Waals surface area contributed by atoms with Crippen molar-refractivity contribution in [2.24, 2.45) is 0 Å². The number of benzene rings is 2. The van der Waals surface area contributed by atoms with Gasteiger partial charge < -0.3 is 0 Å². The van der Waals surface area contributed by atoms with E-state index in [9.17, 15) is 0 Å². The molecule has 0 atom stereocenters. The average molecular weight is 403 g/mol. The normalized spacial score (nSPS) is 11.5. The molecule has 0 unspecified atom stereocenters. The van der Waals surface area contributed by atoms with Crippen LogP contribution in [0.1, 0.15) is 17.0 Å². The summed E-state index contributed by atoms with van der Waals surface area (Å²) < 4.78 is 4.28. The van der Waals surface area contributed by atoms with Crippen molar-refractivity contribution in [3.8, 4) is 5.69 Å². The summed E-state index contributed by atoms with van der Waals surface area (Å²) in [5.41, 5.74) is 3.30. The minimum absolute atomic E-state index is 0.532. The summed E-state index contributed by atoms with van der Waals surface area (Å²) in [5.74, 6) is 0.740. The first kappa shape index (κ1) is 19.0. The van der Waals surface area contributed by atoms with Crippen LogP contribution in [0.3, 0.4) is 0 Å². The molecule has 4 rings (SSSR count). The molecule has 0 radical (unpaired) electrons.